The summed E-state index contributed by atoms with van der Waals surface area (Å²) < 4.78 is 32.9. The lowest BCUT2D eigenvalue weighted by molar-refractivity contribution is -0.114. The molecule has 1 amide bonds. The predicted octanol–water partition coefficient (Wildman–Crippen LogP) is 2.41. The van der Waals surface area contributed by atoms with E-state index in [9.17, 15) is 13.2 Å². The Bertz CT molecular complexity index is 835. The second-order valence-corrected chi connectivity index (χ2v) is 7.78. The average Bonchev–Trinajstić information content (AvgIpc) is 2.62. The van der Waals surface area contributed by atoms with Gasteiger partial charge in [-0.3, -0.25) is 4.79 Å². The molecule has 0 aliphatic carbocycles. The van der Waals surface area contributed by atoms with Gasteiger partial charge in [-0.15, -0.1) is 0 Å². The first kappa shape index (κ1) is 17.6. The van der Waals surface area contributed by atoms with Crippen molar-refractivity contribution in [3.05, 3.63) is 60.2 Å². The summed E-state index contributed by atoms with van der Waals surface area (Å²) in [6.45, 7) is 2.35. The van der Waals surface area contributed by atoms with Crippen molar-refractivity contribution >= 4 is 21.6 Å². The minimum Gasteiger partial charge on any atom is -0.371 e. The average molecular weight is 360 g/mol. The minimum absolute atomic E-state index is 0.200. The zero-order valence-electron chi connectivity index (χ0n) is 13.9. The highest BCUT2D eigenvalue weighted by atomic mass is 32.2. The van der Waals surface area contributed by atoms with Gasteiger partial charge in [0.15, 0.2) is 0 Å². The van der Waals surface area contributed by atoms with Crippen LogP contribution in [0.5, 0.6) is 0 Å². The maximum atomic E-state index is 12.9. The molecule has 1 saturated heterocycles. The number of carbonyl (C=O) groups is 1. The van der Waals surface area contributed by atoms with Crippen LogP contribution in [-0.2, 0) is 19.6 Å². The standard InChI is InChI=1S/C18H20N2O4S/c1-14(21)19-16-7-9-17(10-8-16)25(22,23)20-11-12-24-18(13-20)15-5-3-2-4-6-15/h2-10,18H,11-13H2,1H3,(H,19,21)/t18-/m1/s1. The molecule has 1 N–H and O–H groups in total. The fourth-order valence-corrected chi connectivity index (χ4v) is 4.20. The van der Waals surface area contributed by atoms with E-state index < -0.39 is 10.0 Å². The van der Waals surface area contributed by atoms with Gasteiger partial charge in [0.2, 0.25) is 15.9 Å². The Labute approximate surface area is 147 Å². The Morgan fingerprint density at radius 2 is 1.80 bits per heavy atom. The summed E-state index contributed by atoms with van der Waals surface area (Å²) in [5, 5.41) is 2.62. The van der Waals surface area contributed by atoms with E-state index in [1.165, 1.54) is 23.4 Å². The van der Waals surface area contributed by atoms with E-state index in [2.05, 4.69) is 5.32 Å². The molecule has 0 aromatic heterocycles. The largest absolute Gasteiger partial charge is 0.371 e. The molecule has 0 bridgehead atoms. The van der Waals surface area contributed by atoms with Crippen molar-refractivity contribution in [1.82, 2.24) is 4.31 Å². The Morgan fingerprint density at radius 1 is 1.12 bits per heavy atom. The van der Waals surface area contributed by atoms with Crippen molar-refractivity contribution in [2.24, 2.45) is 0 Å². The summed E-state index contributed by atoms with van der Waals surface area (Å²) in [5.74, 6) is -0.200. The van der Waals surface area contributed by atoms with Gasteiger partial charge in [0.1, 0.15) is 0 Å². The molecule has 1 fully saturated rings. The summed E-state index contributed by atoms with van der Waals surface area (Å²) in [7, 11) is -3.61. The molecule has 7 heteroatoms. The van der Waals surface area contributed by atoms with E-state index in [4.69, 9.17) is 4.74 Å². The van der Waals surface area contributed by atoms with Crippen molar-refractivity contribution in [3.8, 4) is 0 Å². The van der Waals surface area contributed by atoms with E-state index in [1.54, 1.807) is 12.1 Å². The van der Waals surface area contributed by atoms with Crippen LogP contribution in [-0.4, -0.2) is 38.3 Å². The Hall–Kier alpha value is -2.22. The molecule has 0 spiro atoms. The molecule has 1 aliphatic rings. The zero-order chi connectivity index (χ0) is 17.9. The van der Waals surface area contributed by atoms with Crippen LogP contribution in [0.1, 0.15) is 18.6 Å². The number of amides is 1. The lowest BCUT2D eigenvalue weighted by atomic mass is 10.1. The third-order valence-corrected chi connectivity index (χ3v) is 5.89. The maximum absolute atomic E-state index is 12.9. The van der Waals surface area contributed by atoms with Gasteiger partial charge in [0.25, 0.3) is 0 Å². The fraction of sp³-hybridized carbons (Fsp3) is 0.278. The van der Waals surface area contributed by atoms with E-state index >= 15 is 0 Å². The molecule has 132 valence electrons. The molecule has 0 saturated carbocycles. The van der Waals surface area contributed by atoms with Gasteiger partial charge in [-0.1, -0.05) is 30.3 Å². The number of morpholine rings is 1. The van der Waals surface area contributed by atoms with Crippen LogP contribution < -0.4 is 5.32 Å². The maximum Gasteiger partial charge on any atom is 0.243 e. The van der Waals surface area contributed by atoms with Gasteiger partial charge in [-0.05, 0) is 29.8 Å². The van der Waals surface area contributed by atoms with E-state index in [-0.39, 0.29) is 23.5 Å². The van der Waals surface area contributed by atoms with Crippen LogP contribution >= 0.6 is 0 Å². The number of nitrogens with one attached hydrogen (secondary N) is 1. The molecule has 0 radical (unpaired) electrons. The van der Waals surface area contributed by atoms with Crippen LogP contribution in [0.3, 0.4) is 0 Å². The fourth-order valence-electron chi connectivity index (χ4n) is 2.78. The number of hydrogen-bond donors (Lipinski definition) is 1. The summed E-state index contributed by atoms with van der Waals surface area (Å²) in [6.07, 6.45) is -0.275. The normalized spacial score (nSPS) is 18.7. The second kappa shape index (κ2) is 7.35. The van der Waals surface area contributed by atoms with E-state index in [0.29, 0.717) is 18.8 Å². The first-order valence-electron chi connectivity index (χ1n) is 8.01. The van der Waals surface area contributed by atoms with Crippen molar-refractivity contribution in [2.45, 2.75) is 17.9 Å². The topological polar surface area (TPSA) is 75.7 Å². The zero-order valence-corrected chi connectivity index (χ0v) is 14.7. The number of carbonyl (C=O) groups excluding carboxylic acids is 1. The van der Waals surface area contributed by atoms with Crippen molar-refractivity contribution in [1.29, 1.82) is 0 Å². The van der Waals surface area contributed by atoms with Crippen molar-refractivity contribution in [2.75, 3.05) is 25.0 Å². The number of benzene rings is 2. The van der Waals surface area contributed by atoms with Gasteiger partial charge < -0.3 is 10.1 Å². The first-order valence-corrected chi connectivity index (χ1v) is 9.45. The summed E-state index contributed by atoms with van der Waals surface area (Å²) in [4.78, 5) is 11.3. The molecule has 2 aromatic carbocycles. The third-order valence-electron chi connectivity index (χ3n) is 4.01. The van der Waals surface area contributed by atoms with Crippen molar-refractivity contribution in [3.63, 3.8) is 0 Å². The molecular formula is C18H20N2O4S. The summed E-state index contributed by atoms with van der Waals surface area (Å²) in [5.41, 5.74) is 1.53. The molecule has 1 atom stereocenters. The van der Waals surface area contributed by atoms with Crippen molar-refractivity contribution < 1.29 is 17.9 Å². The highest BCUT2D eigenvalue weighted by Crippen LogP contribution is 2.26. The number of hydrogen-bond acceptors (Lipinski definition) is 4. The first-order chi connectivity index (χ1) is 12.0. The highest BCUT2D eigenvalue weighted by molar-refractivity contribution is 7.89. The molecule has 0 unspecified atom stereocenters. The van der Waals surface area contributed by atoms with Gasteiger partial charge in [0.05, 0.1) is 17.6 Å². The number of rotatable bonds is 4. The SMILES string of the molecule is CC(=O)Nc1ccc(S(=O)(=O)N2CCO[C@@H](c3ccccc3)C2)cc1. The summed E-state index contributed by atoms with van der Waals surface area (Å²) in [6, 6.07) is 15.8. The number of anilines is 1. The number of nitrogens with zero attached hydrogens (tertiary/aromatic N) is 1. The lowest BCUT2D eigenvalue weighted by Gasteiger charge is -2.32. The lowest BCUT2D eigenvalue weighted by Crippen LogP contribution is -2.42. The molecule has 25 heavy (non-hydrogen) atoms. The van der Waals surface area contributed by atoms with E-state index in [0.717, 1.165) is 5.56 Å². The quantitative estimate of drug-likeness (QED) is 0.908. The van der Waals surface area contributed by atoms with Crippen LogP contribution in [0.25, 0.3) is 0 Å². The molecule has 1 aliphatic heterocycles. The molecule has 2 aromatic rings. The monoisotopic (exact) mass is 360 g/mol. The van der Waals surface area contributed by atoms with Gasteiger partial charge in [-0.25, -0.2) is 8.42 Å². The molecular weight excluding hydrogens is 340 g/mol. The summed E-state index contributed by atoms with van der Waals surface area (Å²) >= 11 is 0. The number of ether oxygens (including phenoxy) is 1. The van der Waals surface area contributed by atoms with E-state index in [1.807, 2.05) is 30.3 Å². The molecule has 3 rings (SSSR count). The molecule has 1 heterocycles. The van der Waals surface area contributed by atoms with Crippen LogP contribution in [0, 0.1) is 0 Å². The van der Waals surface area contributed by atoms with Gasteiger partial charge >= 0.3 is 0 Å². The van der Waals surface area contributed by atoms with Crippen LogP contribution in [0.15, 0.2) is 59.5 Å². The highest BCUT2D eigenvalue weighted by Gasteiger charge is 2.31. The Morgan fingerprint density at radius 3 is 2.44 bits per heavy atom. The Kier molecular flexibility index (Phi) is 5.17. The van der Waals surface area contributed by atoms with Gasteiger partial charge in [0, 0.05) is 25.7 Å². The van der Waals surface area contributed by atoms with Gasteiger partial charge in [-0.2, -0.15) is 4.31 Å². The second-order valence-electron chi connectivity index (χ2n) is 5.84. The molecule has 6 nitrogen and oxygen atoms in total. The third kappa shape index (κ3) is 4.07. The predicted molar refractivity (Wildman–Crippen MR) is 94.6 cm³/mol. The van der Waals surface area contributed by atoms with Crippen LogP contribution in [0.4, 0.5) is 5.69 Å². The smallest absolute Gasteiger partial charge is 0.243 e. The number of sulfonamides is 1. The Balaban J connectivity index is 1.78. The van der Waals surface area contributed by atoms with Crippen LogP contribution in [0.2, 0.25) is 0 Å². The minimum atomic E-state index is -3.61.